The number of nitrogens with zero attached hydrogens (tertiary/aromatic N) is 1. The molecular formula is C18H24N2O4S. The first-order chi connectivity index (χ1) is 11.4. The lowest BCUT2D eigenvalue weighted by molar-refractivity contribution is 0.0425. The summed E-state index contributed by atoms with van der Waals surface area (Å²) in [5.74, 6) is 0. The maximum absolute atomic E-state index is 12.6. The number of hydrogen-bond acceptors (Lipinski definition) is 5. The molecule has 0 fully saturated rings. The predicted molar refractivity (Wildman–Crippen MR) is 99.9 cm³/mol. The fourth-order valence-electron chi connectivity index (χ4n) is 2.00. The third kappa shape index (κ3) is 5.63. The second-order valence-corrected chi connectivity index (χ2v) is 8.52. The van der Waals surface area contributed by atoms with Gasteiger partial charge in [0, 0.05) is 4.70 Å². The fraction of sp³-hybridized carbons (Fsp3) is 0.444. The van der Waals surface area contributed by atoms with Gasteiger partial charge in [-0.2, -0.15) is 5.01 Å². The van der Waals surface area contributed by atoms with Crippen LogP contribution in [0.15, 0.2) is 29.6 Å². The molecule has 0 spiro atoms. The van der Waals surface area contributed by atoms with Crippen LogP contribution >= 0.6 is 11.3 Å². The van der Waals surface area contributed by atoms with Crippen LogP contribution in [0.1, 0.15) is 41.5 Å². The molecule has 0 atom stereocenters. The van der Waals surface area contributed by atoms with Gasteiger partial charge >= 0.3 is 12.2 Å². The first-order valence-corrected chi connectivity index (χ1v) is 8.83. The largest absolute Gasteiger partial charge is 0.443 e. The Morgan fingerprint density at radius 2 is 1.64 bits per heavy atom. The summed E-state index contributed by atoms with van der Waals surface area (Å²) in [5.41, 5.74) is 1.59. The zero-order chi connectivity index (χ0) is 18.8. The zero-order valence-electron chi connectivity index (χ0n) is 15.4. The Morgan fingerprint density at radius 3 is 2.24 bits per heavy atom. The molecule has 0 saturated heterocycles. The lowest BCUT2D eigenvalue weighted by atomic mass is 10.2. The van der Waals surface area contributed by atoms with Gasteiger partial charge in [0.15, 0.2) is 0 Å². The highest BCUT2D eigenvalue weighted by Gasteiger charge is 2.27. The van der Waals surface area contributed by atoms with Gasteiger partial charge in [-0.15, -0.1) is 11.3 Å². The average molecular weight is 364 g/mol. The molecule has 0 bridgehead atoms. The molecule has 136 valence electrons. The van der Waals surface area contributed by atoms with Crippen LogP contribution in [0.3, 0.4) is 0 Å². The van der Waals surface area contributed by atoms with Crippen molar-refractivity contribution < 1.29 is 19.1 Å². The van der Waals surface area contributed by atoms with Gasteiger partial charge in [0.25, 0.3) is 0 Å². The van der Waals surface area contributed by atoms with Crippen LogP contribution in [0.5, 0.6) is 0 Å². The molecule has 25 heavy (non-hydrogen) atoms. The average Bonchev–Trinajstić information content (AvgIpc) is 2.88. The first-order valence-electron chi connectivity index (χ1n) is 7.95. The van der Waals surface area contributed by atoms with Gasteiger partial charge in [-0.05, 0) is 70.5 Å². The van der Waals surface area contributed by atoms with Crippen LogP contribution < -0.4 is 10.4 Å². The first kappa shape index (κ1) is 19.1. The van der Waals surface area contributed by atoms with Gasteiger partial charge in [0.2, 0.25) is 0 Å². The van der Waals surface area contributed by atoms with E-state index < -0.39 is 23.4 Å². The third-order valence-corrected chi connectivity index (χ3v) is 3.76. The number of hydrazine groups is 1. The van der Waals surface area contributed by atoms with E-state index in [9.17, 15) is 9.59 Å². The Bertz CT molecular complexity index is 771. The number of thiophene rings is 1. The number of ether oxygens (including phenoxy) is 2. The van der Waals surface area contributed by atoms with Gasteiger partial charge in [0.1, 0.15) is 11.2 Å². The molecule has 0 aliphatic heterocycles. The molecule has 0 aliphatic rings. The van der Waals surface area contributed by atoms with Crippen LogP contribution in [0.4, 0.5) is 15.3 Å². The predicted octanol–water partition coefficient (Wildman–Crippen LogP) is 5.08. The summed E-state index contributed by atoms with van der Waals surface area (Å²) >= 11 is 1.55. The summed E-state index contributed by atoms with van der Waals surface area (Å²) in [7, 11) is 0. The van der Waals surface area contributed by atoms with Crippen molar-refractivity contribution in [3.05, 3.63) is 29.6 Å². The van der Waals surface area contributed by atoms with Crippen LogP contribution in [-0.4, -0.2) is 23.4 Å². The minimum absolute atomic E-state index is 0.495. The Labute approximate surface area is 151 Å². The molecule has 7 heteroatoms. The number of anilines is 1. The standard InChI is InChI=1S/C18H24N2O4S/c1-17(2,3)23-15(21)19-20(16(22)24-18(4,5)6)13-8-7-12-9-10-25-14(12)11-13/h7-11H,1-6H3,(H,19,21). The number of amides is 2. The van der Waals surface area contributed by atoms with E-state index in [1.807, 2.05) is 23.6 Å². The van der Waals surface area contributed by atoms with Crippen molar-refractivity contribution in [1.29, 1.82) is 0 Å². The lowest BCUT2D eigenvalue weighted by Gasteiger charge is -2.28. The number of carbonyl (C=O) groups is 2. The Kier molecular flexibility index (Phi) is 5.27. The van der Waals surface area contributed by atoms with E-state index in [4.69, 9.17) is 9.47 Å². The van der Waals surface area contributed by atoms with Gasteiger partial charge in [-0.1, -0.05) is 6.07 Å². The normalized spacial score (nSPS) is 11.9. The summed E-state index contributed by atoms with van der Waals surface area (Å²) < 4.78 is 11.6. The van der Waals surface area contributed by atoms with Crippen molar-refractivity contribution in [2.75, 3.05) is 5.01 Å². The topological polar surface area (TPSA) is 67.9 Å². The number of benzene rings is 1. The molecule has 0 aliphatic carbocycles. The number of hydrogen-bond donors (Lipinski definition) is 1. The van der Waals surface area contributed by atoms with Crippen LogP contribution in [-0.2, 0) is 9.47 Å². The number of fused-ring (bicyclic) bond motifs is 1. The highest BCUT2D eigenvalue weighted by atomic mass is 32.1. The van der Waals surface area contributed by atoms with Crippen molar-refractivity contribution in [3.8, 4) is 0 Å². The molecule has 0 unspecified atom stereocenters. The molecular weight excluding hydrogens is 340 g/mol. The van der Waals surface area contributed by atoms with E-state index in [1.165, 1.54) is 0 Å². The van der Waals surface area contributed by atoms with E-state index in [0.29, 0.717) is 5.69 Å². The molecule has 1 aromatic carbocycles. The maximum atomic E-state index is 12.6. The van der Waals surface area contributed by atoms with Gasteiger partial charge in [-0.25, -0.2) is 15.0 Å². The van der Waals surface area contributed by atoms with E-state index in [1.54, 1.807) is 58.9 Å². The Hall–Kier alpha value is -2.28. The summed E-state index contributed by atoms with van der Waals surface area (Å²) in [6.07, 6.45) is -1.42. The van der Waals surface area contributed by atoms with Crippen molar-refractivity contribution in [2.24, 2.45) is 0 Å². The molecule has 1 N–H and O–H groups in total. The molecule has 2 rings (SSSR count). The molecule has 6 nitrogen and oxygen atoms in total. The van der Waals surface area contributed by atoms with Crippen molar-refractivity contribution in [3.63, 3.8) is 0 Å². The second kappa shape index (κ2) is 6.92. The van der Waals surface area contributed by atoms with Crippen LogP contribution in [0, 0.1) is 0 Å². The van der Waals surface area contributed by atoms with E-state index >= 15 is 0 Å². The molecule has 0 radical (unpaired) electrons. The minimum atomic E-state index is -0.732. The van der Waals surface area contributed by atoms with Crippen LogP contribution in [0.25, 0.3) is 10.1 Å². The summed E-state index contributed by atoms with van der Waals surface area (Å²) in [5, 5.41) is 4.10. The van der Waals surface area contributed by atoms with Gasteiger partial charge in [-0.3, -0.25) is 0 Å². The molecule has 0 saturated carbocycles. The van der Waals surface area contributed by atoms with Gasteiger partial charge in [0.05, 0.1) is 5.69 Å². The quantitative estimate of drug-likeness (QED) is 0.716. The molecule has 2 aromatic rings. The highest BCUT2D eigenvalue weighted by molar-refractivity contribution is 7.17. The number of rotatable bonds is 1. The fourth-order valence-corrected chi connectivity index (χ4v) is 2.82. The van der Waals surface area contributed by atoms with Gasteiger partial charge < -0.3 is 9.47 Å². The highest BCUT2D eigenvalue weighted by Crippen LogP contribution is 2.27. The van der Waals surface area contributed by atoms with Crippen molar-refractivity contribution >= 4 is 39.3 Å². The molecule has 1 aromatic heterocycles. The van der Waals surface area contributed by atoms with Crippen molar-refractivity contribution in [1.82, 2.24) is 5.43 Å². The maximum Gasteiger partial charge on any atom is 0.434 e. The van der Waals surface area contributed by atoms with E-state index in [0.717, 1.165) is 15.1 Å². The SMILES string of the molecule is CC(C)(C)OC(=O)NN(C(=O)OC(C)(C)C)c1ccc2ccsc2c1. The van der Waals surface area contributed by atoms with Crippen LogP contribution in [0.2, 0.25) is 0 Å². The molecule has 1 heterocycles. The Morgan fingerprint density at radius 1 is 1.00 bits per heavy atom. The third-order valence-electron chi connectivity index (χ3n) is 2.88. The smallest absolute Gasteiger partial charge is 0.434 e. The number of carbonyl (C=O) groups excluding carboxylic acids is 2. The lowest BCUT2D eigenvalue weighted by Crippen LogP contribution is -2.50. The summed E-state index contributed by atoms with van der Waals surface area (Å²) in [6, 6.07) is 7.44. The number of nitrogens with one attached hydrogen (secondary N) is 1. The van der Waals surface area contributed by atoms with E-state index in [2.05, 4.69) is 5.43 Å². The monoisotopic (exact) mass is 364 g/mol. The molecule has 2 amide bonds. The van der Waals surface area contributed by atoms with Crippen molar-refractivity contribution in [2.45, 2.75) is 52.7 Å². The Balaban J connectivity index is 2.30. The summed E-state index contributed by atoms with van der Waals surface area (Å²) in [4.78, 5) is 24.7. The zero-order valence-corrected chi connectivity index (χ0v) is 16.2. The minimum Gasteiger partial charge on any atom is -0.443 e. The second-order valence-electron chi connectivity index (χ2n) is 7.57. The van der Waals surface area contributed by atoms with E-state index in [-0.39, 0.29) is 0 Å². The summed E-state index contributed by atoms with van der Waals surface area (Å²) in [6.45, 7) is 10.5.